The summed E-state index contributed by atoms with van der Waals surface area (Å²) < 4.78 is 0. The molecule has 0 saturated carbocycles. The molecule has 0 fully saturated rings. The van der Waals surface area contributed by atoms with E-state index in [1.54, 1.807) is 13.0 Å². The van der Waals surface area contributed by atoms with E-state index in [-0.39, 0.29) is 59.5 Å². The lowest BCUT2D eigenvalue weighted by Crippen LogP contribution is -2.33. The van der Waals surface area contributed by atoms with Gasteiger partial charge in [-0.15, -0.1) is 0 Å². The molecule has 5 heteroatoms. The van der Waals surface area contributed by atoms with Gasteiger partial charge in [0.25, 0.3) is 0 Å². The number of hydrogen-bond acceptors (Lipinski definition) is 5. The molecule has 1 aliphatic carbocycles. The molecule has 1 aliphatic rings. The van der Waals surface area contributed by atoms with Crippen molar-refractivity contribution in [3.63, 3.8) is 0 Å². The van der Waals surface area contributed by atoms with Crippen molar-refractivity contribution >= 4 is 28.9 Å². The van der Waals surface area contributed by atoms with Crippen molar-refractivity contribution < 1.29 is 24.0 Å². The van der Waals surface area contributed by atoms with Crippen LogP contribution in [0, 0.1) is 31.6 Å². The molecule has 0 aliphatic heterocycles. The summed E-state index contributed by atoms with van der Waals surface area (Å²) in [5.74, 6) is -0.434. The predicted molar refractivity (Wildman–Crippen MR) is 147 cm³/mol. The second-order valence-electron chi connectivity index (χ2n) is 10.0. The van der Waals surface area contributed by atoms with Crippen molar-refractivity contribution in [2.24, 2.45) is 17.8 Å². The first-order chi connectivity index (χ1) is 16.9. The van der Waals surface area contributed by atoms with E-state index in [9.17, 15) is 24.0 Å². The Morgan fingerprint density at radius 3 is 1.94 bits per heavy atom. The van der Waals surface area contributed by atoms with Crippen LogP contribution in [0.5, 0.6) is 0 Å². The Morgan fingerprint density at radius 2 is 1.50 bits per heavy atom. The van der Waals surface area contributed by atoms with Gasteiger partial charge in [0.1, 0.15) is 17.3 Å². The van der Waals surface area contributed by atoms with Gasteiger partial charge in [-0.2, -0.15) is 0 Å². The van der Waals surface area contributed by atoms with E-state index in [1.807, 2.05) is 33.8 Å². The van der Waals surface area contributed by atoms with Gasteiger partial charge in [-0.1, -0.05) is 59.6 Å². The van der Waals surface area contributed by atoms with E-state index < -0.39 is 0 Å². The summed E-state index contributed by atoms with van der Waals surface area (Å²) >= 11 is 0. The minimum Gasteiger partial charge on any atom is -0.300 e. The fraction of sp³-hybridized carbons (Fsp3) is 0.645. The van der Waals surface area contributed by atoms with Crippen LogP contribution in [0.4, 0.5) is 0 Å². The van der Waals surface area contributed by atoms with Gasteiger partial charge in [0.2, 0.25) is 0 Å². The topological polar surface area (TPSA) is 85.3 Å². The SMILES string of the molecule is CCC.CCC(C)=O.CCCC(CC1CC(=O)c2c(ccc(C)c2C)C1=O)C(CC)C(=O)CC(C)=O. The van der Waals surface area contributed by atoms with Gasteiger partial charge in [0.05, 0.1) is 6.42 Å². The Labute approximate surface area is 218 Å². The molecule has 36 heavy (non-hydrogen) atoms. The summed E-state index contributed by atoms with van der Waals surface area (Å²) in [5.41, 5.74) is 3.02. The van der Waals surface area contributed by atoms with Crippen LogP contribution in [0.1, 0.15) is 132 Å². The van der Waals surface area contributed by atoms with Gasteiger partial charge in [-0.25, -0.2) is 0 Å². The molecule has 0 bridgehead atoms. The Balaban J connectivity index is 0.00000134. The third kappa shape index (κ3) is 10.3. The van der Waals surface area contributed by atoms with Crippen molar-refractivity contribution in [3.8, 4) is 0 Å². The molecule has 0 saturated heterocycles. The van der Waals surface area contributed by atoms with Gasteiger partial charge in [0, 0.05) is 35.8 Å². The Morgan fingerprint density at radius 1 is 0.944 bits per heavy atom. The third-order valence-electron chi connectivity index (χ3n) is 6.67. The molecular weight excluding hydrogens is 452 g/mol. The first-order valence-electron chi connectivity index (χ1n) is 13.6. The number of rotatable bonds is 10. The van der Waals surface area contributed by atoms with E-state index in [4.69, 9.17) is 0 Å². The quantitative estimate of drug-likeness (QED) is 0.311. The second-order valence-corrected chi connectivity index (χ2v) is 10.0. The van der Waals surface area contributed by atoms with Crippen LogP contribution in [0.2, 0.25) is 0 Å². The molecule has 1 aromatic carbocycles. The molecular formula is C31H48O5. The fourth-order valence-corrected chi connectivity index (χ4v) is 4.63. The molecule has 0 amide bonds. The molecule has 1 aromatic rings. The molecule has 202 valence electrons. The van der Waals surface area contributed by atoms with Gasteiger partial charge in [0.15, 0.2) is 11.6 Å². The highest BCUT2D eigenvalue weighted by Gasteiger charge is 2.37. The Hall–Kier alpha value is -2.43. The van der Waals surface area contributed by atoms with E-state index in [0.717, 1.165) is 24.0 Å². The van der Waals surface area contributed by atoms with Gasteiger partial charge >= 0.3 is 0 Å². The number of fused-ring (bicyclic) bond motifs is 1. The maximum Gasteiger partial charge on any atom is 0.167 e. The van der Waals surface area contributed by atoms with Crippen LogP contribution in [0.25, 0.3) is 0 Å². The van der Waals surface area contributed by atoms with Crippen LogP contribution in [0.15, 0.2) is 12.1 Å². The van der Waals surface area contributed by atoms with Crippen molar-refractivity contribution in [2.75, 3.05) is 0 Å². The average Bonchev–Trinajstić information content (AvgIpc) is 2.80. The van der Waals surface area contributed by atoms with Gasteiger partial charge in [-0.05, 0) is 64.0 Å². The first-order valence-corrected chi connectivity index (χ1v) is 13.6. The normalized spacial score (nSPS) is 16.0. The summed E-state index contributed by atoms with van der Waals surface area (Å²) in [6, 6.07) is 3.67. The summed E-state index contributed by atoms with van der Waals surface area (Å²) in [6.45, 7) is 17.0. The Kier molecular flexibility index (Phi) is 15.9. The molecule has 3 unspecified atom stereocenters. The molecule has 0 N–H and O–H groups in total. The zero-order valence-electron chi connectivity index (χ0n) is 24.1. The standard InChI is InChI=1S/C24H32O4.C4H8O.C3H8/c1-6-8-17(19(7-2)21(26)11-15(4)25)12-18-13-22(27)23-16(5)14(3)9-10-20(23)24(18)28;1-3-4(2)5;1-3-2/h9-10,17-19H,6-8,11-13H2,1-5H3;3H2,1-2H3;3H2,1-2H3. The maximum atomic E-state index is 13.1. The summed E-state index contributed by atoms with van der Waals surface area (Å²) in [6.07, 6.45) is 5.00. The average molecular weight is 501 g/mol. The first kappa shape index (κ1) is 33.6. The number of carbonyl (C=O) groups is 5. The smallest absolute Gasteiger partial charge is 0.167 e. The van der Waals surface area contributed by atoms with Crippen molar-refractivity contribution in [1.82, 2.24) is 0 Å². The van der Waals surface area contributed by atoms with Crippen LogP contribution in [-0.2, 0) is 14.4 Å². The zero-order chi connectivity index (χ0) is 28.0. The number of hydrogen-bond donors (Lipinski definition) is 0. The molecule has 0 radical (unpaired) electrons. The molecule has 0 aromatic heterocycles. The van der Waals surface area contributed by atoms with E-state index in [1.165, 1.54) is 13.3 Å². The number of carbonyl (C=O) groups excluding carboxylic acids is 5. The maximum absolute atomic E-state index is 13.1. The third-order valence-corrected chi connectivity index (χ3v) is 6.67. The molecule has 3 atom stereocenters. The largest absolute Gasteiger partial charge is 0.300 e. The number of aryl methyl sites for hydroxylation is 1. The minimum absolute atomic E-state index is 0.0210. The highest BCUT2D eigenvalue weighted by molar-refractivity contribution is 6.15. The number of benzene rings is 1. The summed E-state index contributed by atoms with van der Waals surface area (Å²) in [4.78, 5) is 59.8. The fourth-order valence-electron chi connectivity index (χ4n) is 4.63. The number of Topliss-reactive ketones (excluding diaryl/α,β-unsaturated/α-hetero) is 5. The summed E-state index contributed by atoms with van der Waals surface area (Å²) in [7, 11) is 0. The lowest BCUT2D eigenvalue weighted by Gasteiger charge is -2.31. The van der Waals surface area contributed by atoms with E-state index in [0.29, 0.717) is 30.4 Å². The molecule has 5 nitrogen and oxygen atoms in total. The minimum atomic E-state index is -0.377. The lowest BCUT2D eigenvalue weighted by atomic mass is 9.71. The molecule has 0 spiro atoms. The van der Waals surface area contributed by atoms with E-state index >= 15 is 0 Å². The predicted octanol–water partition coefficient (Wildman–Crippen LogP) is 7.47. The van der Waals surface area contributed by atoms with Crippen molar-refractivity contribution in [1.29, 1.82) is 0 Å². The van der Waals surface area contributed by atoms with Gasteiger partial charge < -0.3 is 4.79 Å². The van der Waals surface area contributed by atoms with Crippen LogP contribution in [-0.4, -0.2) is 28.9 Å². The second kappa shape index (κ2) is 17.1. The van der Waals surface area contributed by atoms with E-state index in [2.05, 4.69) is 20.8 Å². The lowest BCUT2D eigenvalue weighted by molar-refractivity contribution is -0.130. The molecule has 0 heterocycles. The number of ketones is 5. The van der Waals surface area contributed by atoms with Crippen LogP contribution < -0.4 is 0 Å². The highest BCUT2D eigenvalue weighted by atomic mass is 16.2. The highest BCUT2D eigenvalue weighted by Crippen LogP contribution is 2.36. The van der Waals surface area contributed by atoms with Crippen LogP contribution >= 0.6 is 0 Å². The monoisotopic (exact) mass is 500 g/mol. The van der Waals surface area contributed by atoms with Crippen LogP contribution in [0.3, 0.4) is 0 Å². The van der Waals surface area contributed by atoms with Gasteiger partial charge in [-0.3, -0.25) is 19.2 Å². The Bertz CT molecular complexity index is 912. The molecule has 2 rings (SSSR count). The zero-order valence-corrected chi connectivity index (χ0v) is 24.1. The van der Waals surface area contributed by atoms with Crippen molar-refractivity contribution in [2.45, 2.75) is 114 Å². The summed E-state index contributed by atoms with van der Waals surface area (Å²) in [5, 5.41) is 0. The van der Waals surface area contributed by atoms with Crippen molar-refractivity contribution in [3.05, 3.63) is 34.4 Å².